The van der Waals surface area contributed by atoms with Crippen molar-refractivity contribution < 1.29 is 0 Å². The molecule has 1 saturated carbocycles. The van der Waals surface area contributed by atoms with Crippen LogP contribution >= 0.6 is 0 Å². The molecule has 3 nitrogen and oxygen atoms in total. The molecule has 0 amide bonds. The fourth-order valence-electron chi connectivity index (χ4n) is 4.25. The van der Waals surface area contributed by atoms with Crippen LogP contribution in [0.4, 0.5) is 5.69 Å². The van der Waals surface area contributed by atoms with E-state index < -0.39 is 0 Å². The zero-order valence-corrected chi connectivity index (χ0v) is 12.6. The number of H-pyrrole nitrogens is 1. The second-order valence-electron chi connectivity index (χ2n) is 6.68. The number of anilines is 1. The number of piperidine rings is 1. The fourth-order valence-corrected chi connectivity index (χ4v) is 4.25. The summed E-state index contributed by atoms with van der Waals surface area (Å²) in [4.78, 5) is 3.26. The maximum absolute atomic E-state index is 3.82. The quantitative estimate of drug-likeness (QED) is 0.799. The molecule has 1 aliphatic carbocycles. The number of nitrogens with one attached hydrogen (secondary N) is 3. The average molecular weight is 283 g/mol. The van der Waals surface area contributed by atoms with Gasteiger partial charge in [-0.15, -0.1) is 0 Å². The molecule has 1 aromatic carbocycles. The van der Waals surface area contributed by atoms with E-state index in [-0.39, 0.29) is 0 Å². The monoisotopic (exact) mass is 283 g/mol. The summed E-state index contributed by atoms with van der Waals surface area (Å²) < 4.78 is 0. The molecular weight excluding hydrogens is 258 g/mol. The van der Waals surface area contributed by atoms with Crippen molar-refractivity contribution in [2.45, 2.75) is 50.6 Å². The Morgan fingerprint density at radius 1 is 1.00 bits per heavy atom. The molecule has 2 aromatic rings. The molecule has 3 N–H and O–H groups in total. The zero-order valence-electron chi connectivity index (χ0n) is 12.6. The molecule has 4 rings (SSSR count). The SMILES string of the molecule is c1cc2cc(NC3CCCC3C3CCCCN3)ccc2[nH]1. The lowest BCUT2D eigenvalue weighted by atomic mass is 9.88. The number of hydrogen-bond donors (Lipinski definition) is 3. The molecule has 1 saturated heterocycles. The van der Waals surface area contributed by atoms with Gasteiger partial charge in [0.25, 0.3) is 0 Å². The maximum Gasteiger partial charge on any atom is 0.0455 e. The van der Waals surface area contributed by atoms with E-state index in [9.17, 15) is 0 Å². The van der Waals surface area contributed by atoms with Crippen LogP contribution in [0.25, 0.3) is 10.9 Å². The van der Waals surface area contributed by atoms with Gasteiger partial charge in [0.1, 0.15) is 0 Å². The van der Waals surface area contributed by atoms with Gasteiger partial charge in [0.2, 0.25) is 0 Å². The van der Waals surface area contributed by atoms with Crippen LogP contribution in [0, 0.1) is 5.92 Å². The molecule has 2 heterocycles. The normalized spacial score (nSPS) is 29.8. The third kappa shape index (κ3) is 2.67. The molecule has 3 heteroatoms. The van der Waals surface area contributed by atoms with Gasteiger partial charge in [-0.05, 0) is 62.4 Å². The standard InChI is InChI=1S/C18H25N3/c1-2-10-19-17(5-1)15-4-3-6-18(15)21-14-7-8-16-13(12-14)9-11-20-16/h7-9,11-12,15,17-21H,1-6,10H2. The number of rotatable bonds is 3. The van der Waals surface area contributed by atoms with E-state index in [2.05, 4.69) is 39.9 Å². The van der Waals surface area contributed by atoms with Crippen molar-refractivity contribution >= 4 is 16.6 Å². The van der Waals surface area contributed by atoms with E-state index in [4.69, 9.17) is 0 Å². The largest absolute Gasteiger partial charge is 0.382 e. The third-order valence-corrected chi connectivity index (χ3v) is 5.34. The Morgan fingerprint density at radius 2 is 2.00 bits per heavy atom. The van der Waals surface area contributed by atoms with E-state index >= 15 is 0 Å². The summed E-state index contributed by atoms with van der Waals surface area (Å²) in [5.74, 6) is 0.798. The molecule has 2 fully saturated rings. The molecule has 2 aliphatic rings. The highest BCUT2D eigenvalue weighted by Crippen LogP contribution is 2.34. The smallest absolute Gasteiger partial charge is 0.0455 e. The van der Waals surface area contributed by atoms with Crippen LogP contribution in [0.3, 0.4) is 0 Å². The van der Waals surface area contributed by atoms with Gasteiger partial charge in [-0.25, -0.2) is 0 Å². The minimum Gasteiger partial charge on any atom is -0.382 e. The lowest BCUT2D eigenvalue weighted by Gasteiger charge is -2.33. The van der Waals surface area contributed by atoms with E-state index in [1.807, 2.05) is 6.20 Å². The number of fused-ring (bicyclic) bond motifs is 1. The molecule has 0 spiro atoms. The number of aromatic nitrogens is 1. The molecule has 3 unspecified atom stereocenters. The lowest BCUT2D eigenvalue weighted by Crippen LogP contribution is -2.44. The molecule has 112 valence electrons. The minimum absolute atomic E-state index is 0.636. The van der Waals surface area contributed by atoms with Gasteiger partial charge in [0.05, 0.1) is 0 Å². The van der Waals surface area contributed by atoms with Crippen molar-refractivity contribution in [3.8, 4) is 0 Å². The number of hydrogen-bond acceptors (Lipinski definition) is 2. The second-order valence-corrected chi connectivity index (χ2v) is 6.68. The zero-order chi connectivity index (χ0) is 14.1. The topological polar surface area (TPSA) is 39.8 Å². The summed E-state index contributed by atoms with van der Waals surface area (Å²) in [5, 5.41) is 8.87. The predicted octanol–water partition coefficient (Wildman–Crippen LogP) is 3.89. The van der Waals surface area contributed by atoms with Gasteiger partial charge in [0.15, 0.2) is 0 Å². The molecule has 1 aromatic heterocycles. The Balaban J connectivity index is 1.49. The van der Waals surface area contributed by atoms with Crippen molar-refractivity contribution in [3.63, 3.8) is 0 Å². The average Bonchev–Trinajstić information content (AvgIpc) is 3.16. The van der Waals surface area contributed by atoms with E-state index in [1.54, 1.807) is 0 Å². The Morgan fingerprint density at radius 3 is 2.90 bits per heavy atom. The molecule has 3 atom stereocenters. The minimum atomic E-state index is 0.636. The Kier molecular flexibility index (Phi) is 3.60. The summed E-state index contributed by atoms with van der Waals surface area (Å²) in [7, 11) is 0. The van der Waals surface area contributed by atoms with Crippen molar-refractivity contribution in [2.24, 2.45) is 5.92 Å². The summed E-state index contributed by atoms with van der Waals surface area (Å²) >= 11 is 0. The number of aromatic amines is 1. The van der Waals surface area contributed by atoms with Crippen LogP contribution in [0.5, 0.6) is 0 Å². The van der Waals surface area contributed by atoms with Crippen molar-refractivity contribution in [2.75, 3.05) is 11.9 Å². The summed E-state index contributed by atoms with van der Waals surface area (Å²) in [6.45, 7) is 1.21. The summed E-state index contributed by atoms with van der Waals surface area (Å²) in [6.07, 6.45) is 10.2. The highest BCUT2D eigenvalue weighted by molar-refractivity contribution is 5.83. The summed E-state index contributed by atoms with van der Waals surface area (Å²) in [5.41, 5.74) is 2.49. The van der Waals surface area contributed by atoms with Crippen LogP contribution in [0.2, 0.25) is 0 Å². The first kappa shape index (κ1) is 13.2. The first-order valence-corrected chi connectivity index (χ1v) is 8.47. The molecule has 21 heavy (non-hydrogen) atoms. The molecule has 0 radical (unpaired) electrons. The Hall–Kier alpha value is -1.48. The van der Waals surface area contributed by atoms with Gasteiger partial charge in [-0.1, -0.05) is 12.8 Å². The highest BCUT2D eigenvalue weighted by Gasteiger charge is 2.34. The predicted molar refractivity (Wildman–Crippen MR) is 88.7 cm³/mol. The van der Waals surface area contributed by atoms with E-state index in [0.29, 0.717) is 6.04 Å². The number of benzene rings is 1. The summed E-state index contributed by atoms with van der Waals surface area (Å²) in [6, 6.07) is 10.2. The highest BCUT2D eigenvalue weighted by atomic mass is 15.0. The van der Waals surface area contributed by atoms with Crippen LogP contribution in [-0.4, -0.2) is 23.6 Å². The second kappa shape index (κ2) is 5.72. The fraction of sp³-hybridized carbons (Fsp3) is 0.556. The maximum atomic E-state index is 3.82. The van der Waals surface area contributed by atoms with Crippen molar-refractivity contribution in [1.29, 1.82) is 0 Å². The third-order valence-electron chi connectivity index (χ3n) is 5.34. The molecular formula is C18H25N3. The Labute approximate surface area is 126 Å². The van der Waals surface area contributed by atoms with Crippen LogP contribution in [0.15, 0.2) is 30.5 Å². The van der Waals surface area contributed by atoms with Gasteiger partial charge >= 0.3 is 0 Å². The van der Waals surface area contributed by atoms with Crippen LogP contribution < -0.4 is 10.6 Å². The first-order valence-electron chi connectivity index (χ1n) is 8.47. The Bertz CT molecular complexity index is 597. The molecule has 0 bridgehead atoms. The van der Waals surface area contributed by atoms with E-state index in [1.165, 1.54) is 61.7 Å². The first-order chi connectivity index (χ1) is 10.4. The van der Waals surface area contributed by atoms with Gasteiger partial charge < -0.3 is 15.6 Å². The van der Waals surface area contributed by atoms with Gasteiger partial charge in [0, 0.05) is 34.9 Å². The van der Waals surface area contributed by atoms with Gasteiger partial charge in [-0.3, -0.25) is 0 Å². The van der Waals surface area contributed by atoms with Gasteiger partial charge in [-0.2, -0.15) is 0 Å². The van der Waals surface area contributed by atoms with Crippen molar-refractivity contribution in [1.82, 2.24) is 10.3 Å². The lowest BCUT2D eigenvalue weighted by molar-refractivity contribution is 0.286. The van der Waals surface area contributed by atoms with Crippen LogP contribution in [-0.2, 0) is 0 Å². The van der Waals surface area contributed by atoms with Crippen LogP contribution in [0.1, 0.15) is 38.5 Å². The van der Waals surface area contributed by atoms with Crippen molar-refractivity contribution in [3.05, 3.63) is 30.5 Å². The molecule has 1 aliphatic heterocycles. The van der Waals surface area contributed by atoms with E-state index in [0.717, 1.165) is 12.0 Å².